The first-order valence-corrected chi connectivity index (χ1v) is 9.35. The molecule has 8 nitrogen and oxygen atoms in total. The maximum Gasteiger partial charge on any atom is 0.247 e. The number of hydrogen-bond acceptors (Lipinski definition) is 5. The van der Waals surface area contributed by atoms with Crippen LogP contribution < -0.4 is 5.32 Å². The number of nitrogens with zero attached hydrogens (tertiary/aromatic N) is 6. The first-order valence-electron chi connectivity index (χ1n) is 9.35. The standard InChI is InChI=1S/C19H23N7O/c1-14-19(21-11-10-20-14)16-8-12-25(24-16)13-18(27)23-17-7-9-22-26(17)15-5-3-2-4-6-15/h7-12,15H,2-6,13H2,1H3,(H,23,27). The molecule has 8 heteroatoms. The molecule has 27 heavy (non-hydrogen) atoms. The Morgan fingerprint density at radius 2 is 1.96 bits per heavy atom. The van der Waals surface area contributed by atoms with Crippen LogP contribution in [0.1, 0.15) is 43.8 Å². The Bertz CT molecular complexity index is 924. The van der Waals surface area contributed by atoms with E-state index in [2.05, 4.69) is 25.5 Å². The molecular weight excluding hydrogens is 342 g/mol. The van der Waals surface area contributed by atoms with Crippen molar-refractivity contribution in [3.63, 3.8) is 0 Å². The van der Waals surface area contributed by atoms with Gasteiger partial charge in [0.1, 0.15) is 23.8 Å². The second-order valence-electron chi connectivity index (χ2n) is 6.89. The lowest BCUT2D eigenvalue weighted by Gasteiger charge is -2.23. The second kappa shape index (κ2) is 7.69. The molecule has 0 atom stereocenters. The number of carbonyl (C=O) groups excluding carboxylic acids is 1. The van der Waals surface area contributed by atoms with Crippen molar-refractivity contribution in [2.75, 3.05) is 5.32 Å². The van der Waals surface area contributed by atoms with Crippen LogP contribution in [-0.2, 0) is 11.3 Å². The Hall–Kier alpha value is -3.03. The lowest BCUT2D eigenvalue weighted by molar-refractivity contribution is -0.117. The Labute approximate surface area is 157 Å². The molecule has 1 aliphatic rings. The fourth-order valence-electron chi connectivity index (χ4n) is 3.59. The van der Waals surface area contributed by atoms with Crippen LogP contribution in [0.3, 0.4) is 0 Å². The molecule has 0 radical (unpaired) electrons. The zero-order valence-corrected chi connectivity index (χ0v) is 15.4. The third-order valence-corrected chi connectivity index (χ3v) is 4.93. The first kappa shape index (κ1) is 17.4. The zero-order chi connectivity index (χ0) is 18.6. The Morgan fingerprint density at radius 3 is 2.78 bits per heavy atom. The molecule has 0 bridgehead atoms. The van der Waals surface area contributed by atoms with Gasteiger partial charge in [-0.05, 0) is 25.8 Å². The summed E-state index contributed by atoms with van der Waals surface area (Å²) in [6, 6.07) is 4.07. The van der Waals surface area contributed by atoms with Gasteiger partial charge in [0.2, 0.25) is 5.91 Å². The van der Waals surface area contributed by atoms with Crippen molar-refractivity contribution in [2.45, 2.75) is 51.6 Å². The van der Waals surface area contributed by atoms with E-state index >= 15 is 0 Å². The number of hydrogen-bond donors (Lipinski definition) is 1. The summed E-state index contributed by atoms with van der Waals surface area (Å²) in [5, 5.41) is 11.8. The van der Waals surface area contributed by atoms with Gasteiger partial charge in [-0.3, -0.25) is 19.4 Å². The fourth-order valence-corrected chi connectivity index (χ4v) is 3.59. The molecule has 1 fully saturated rings. The molecule has 3 aromatic rings. The van der Waals surface area contributed by atoms with Crippen molar-refractivity contribution in [3.05, 3.63) is 42.6 Å². The number of amides is 1. The second-order valence-corrected chi connectivity index (χ2v) is 6.89. The van der Waals surface area contributed by atoms with Crippen LogP contribution in [0.2, 0.25) is 0 Å². The highest BCUT2D eigenvalue weighted by Crippen LogP contribution is 2.29. The predicted molar refractivity (Wildman–Crippen MR) is 101 cm³/mol. The average Bonchev–Trinajstić information content (AvgIpc) is 3.32. The minimum Gasteiger partial charge on any atom is -0.309 e. The molecular formula is C19H23N7O. The molecule has 4 rings (SSSR count). The van der Waals surface area contributed by atoms with Crippen molar-refractivity contribution >= 4 is 11.7 Å². The maximum absolute atomic E-state index is 12.5. The molecule has 0 unspecified atom stereocenters. The molecule has 1 saturated carbocycles. The molecule has 3 aromatic heterocycles. The van der Waals surface area contributed by atoms with Gasteiger partial charge in [0.25, 0.3) is 0 Å². The van der Waals surface area contributed by atoms with Gasteiger partial charge < -0.3 is 5.32 Å². The molecule has 1 N–H and O–H groups in total. The average molecular weight is 365 g/mol. The quantitative estimate of drug-likeness (QED) is 0.750. The van der Waals surface area contributed by atoms with Crippen LogP contribution in [0.25, 0.3) is 11.4 Å². The third kappa shape index (κ3) is 3.89. The summed E-state index contributed by atoms with van der Waals surface area (Å²) in [6.07, 6.45) is 12.8. The summed E-state index contributed by atoms with van der Waals surface area (Å²) in [7, 11) is 0. The van der Waals surface area contributed by atoms with Gasteiger partial charge in [-0.25, -0.2) is 4.68 Å². The van der Waals surface area contributed by atoms with Gasteiger partial charge >= 0.3 is 0 Å². The van der Waals surface area contributed by atoms with Gasteiger partial charge in [0.05, 0.1) is 17.9 Å². The van der Waals surface area contributed by atoms with Crippen molar-refractivity contribution in [3.8, 4) is 11.4 Å². The SMILES string of the molecule is Cc1nccnc1-c1ccn(CC(=O)Nc2ccnn2C2CCCCC2)n1. The predicted octanol–water partition coefficient (Wildman–Crippen LogP) is 2.99. The number of aromatic nitrogens is 6. The lowest BCUT2D eigenvalue weighted by atomic mass is 9.96. The van der Waals surface area contributed by atoms with Crippen LogP contribution in [-0.4, -0.2) is 35.4 Å². The van der Waals surface area contributed by atoms with E-state index in [4.69, 9.17) is 0 Å². The van der Waals surface area contributed by atoms with Crippen molar-refractivity contribution in [1.82, 2.24) is 29.5 Å². The van der Waals surface area contributed by atoms with E-state index in [1.807, 2.05) is 23.7 Å². The minimum atomic E-state index is -0.127. The highest BCUT2D eigenvalue weighted by atomic mass is 16.2. The van der Waals surface area contributed by atoms with Crippen LogP contribution in [0, 0.1) is 6.92 Å². The number of nitrogens with one attached hydrogen (secondary N) is 1. The highest BCUT2D eigenvalue weighted by Gasteiger charge is 2.19. The molecule has 3 heterocycles. The number of aryl methyl sites for hydroxylation is 1. The van der Waals surface area contributed by atoms with Crippen molar-refractivity contribution < 1.29 is 4.79 Å². The number of carbonyl (C=O) groups is 1. The monoisotopic (exact) mass is 365 g/mol. The van der Waals surface area contributed by atoms with Crippen LogP contribution in [0.15, 0.2) is 36.9 Å². The molecule has 0 aromatic carbocycles. The number of rotatable bonds is 5. The molecule has 1 aliphatic carbocycles. The minimum absolute atomic E-state index is 0.127. The molecule has 0 saturated heterocycles. The largest absolute Gasteiger partial charge is 0.309 e. The van der Waals surface area contributed by atoms with E-state index in [0.717, 1.165) is 30.0 Å². The number of anilines is 1. The normalized spacial score (nSPS) is 15.0. The first-order chi connectivity index (χ1) is 13.2. The molecule has 0 aliphatic heterocycles. The fraction of sp³-hybridized carbons (Fsp3) is 0.421. The molecule has 140 valence electrons. The van der Waals surface area contributed by atoms with E-state index in [9.17, 15) is 4.79 Å². The molecule has 1 amide bonds. The summed E-state index contributed by atoms with van der Waals surface area (Å²) in [6.45, 7) is 2.02. The summed E-state index contributed by atoms with van der Waals surface area (Å²) in [5.74, 6) is 0.627. The van der Waals surface area contributed by atoms with Crippen LogP contribution in [0.5, 0.6) is 0 Å². The Morgan fingerprint density at radius 1 is 1.15 bits per heavy atom. The van der Waals surface area contributed by atoms with Gasteiger partial charge in [0, 0.05) is 24.7 Å². The summed E-state index contributed by atoms with van der Waals surface area (Å²) in [5.41, 5.74) is 2.25. The lowest BCUT2D eigenvalue weighted by Crippen LogP contribution is -2.23. The van der Waals surface area contributed by atoms with Crippen LogP contribution in [0.4, 0.5) is 5.82 Å². The van der Waals surface area contributed by atoms with E-state index in [1.54, 1.807) is 29.5 Å². The topological polar surface area (TPSA) is 90.5 Å². The Kier molecular flexibility index (Phi) is 4.95. The molecule has 0 spiro atoms. The van der Waals surface area contributed by atoms with E-state index in [-0.39, 0.29) is 12.5 Å². The van der Waals surface area contributed by atoms with E-state index < -0.39 is 0 Å². The third-order valence-electron chi connectivity index (χ3n) is 4.93. The summed E-state index contributed by atoms with van der Waals surface area (Å²) < 4.78 is 3.56. The highest BCUT2D eigenvalue weighted by molar-refractivity contribution is 5.89. The van der Waals surface area contributed by atoms with E-state index in [1.165, 1.54) is 19.3 Å². The van der Waals surface area contributed by atoms with Gasteiger partial charge in [0.15, 0.2) is 0 Å². The van der Waals surface area contributed by atoms with Gasteiger partial charge in [-0.15, -0.1) is 0 Å². The van der Waals surface area contributed by atoms with E-state index in [0.29, 0.717) is 11.7 Å². The summed E-state index contributed by atoms with van der Waals surface area (Å²) in [4.78, 5) is 21.0. The maximum atomic E-state index is 12.5. The van der Waals surface area contributed by atoms with Gasteiger partial charge in [-0.2, -0.15) is 10.2 Å². The van der Waals surface area contributed by atoms with Gasteiger partial charge in [-0.1, -0.05) is 19.3 Å². The zero-order valence-electron chi connectivity index (χ0n) is 15.4. The smallest absolute Gasteiger partial charge is 0.247 e. The summed E-state index contributed by atoms with van der Waals surface area (Å²) >= 11 is 0. The van der Waals surface area contributed by atoms with Crippen molar-refractivity contribution in [2.24, 2.45) is 0 Å². The Balaban J connectivity index is 1.42. The van der Waals surface area contributed by atoms with Crippen molar-refractivity contribution in [1.29, 1.82) is 0 Å². The van der Waals surface area contributed by atoms with Crippen LogP contribution >= 0.6 is 0 Å².